The van der Waals surface area contributed by atoms with E-state index >= 15 is 0 Å². The molecule has 0 bridgehead atoms. The Morgan fingerprint density at radius 2 is 1.50 bits per heavy atom. The highest BCUT2D eigenvalue weighted by molar-refractivity contribution is 5.87. The largest absolute Gasteiger partial charge is 0.416 e. The third kappa shape index (κ3) is 5.05. The Balaban J connectivity index is 1.88. The van der Waals surface area contributed by atoms with Gasteiger partial charge < -0.3 is 9.80 Å². The molecule has 1 atom stereocenters. The van der Waals surface area contributed by atoms with Crippen LogP contribution in [0.1, 0.15) is 34.7 Å². The Kier molecular flexibility index (Phi) is 6.26. The highest BCUT2D eigenvalue weighted by Gasteiger charge is 2.38. The van der Waals surface area contributed by atoms with Gasteiger partial charge in [-0.15, -0.1) is 0 Å². The summed E-state index contributed by atoms with van der Waals surface area (Å²) >= 11 is 0. The molecule has 2 aromatic carbocycles. The molecule has 32 heavy (non-hydrogen) atoms. The Labute approximate surface area is 180 Å². The molecule has 0 spiro atoms. The summed E-state index contributed by atoms with van der Waals surface area (Å²) in [6, 6.07) is 7.57. The fourth-order valence-electron chi connectivity index (χ4n) is 3.79. The quantitative estimate of drug-likeness (QED) is 0.628. The van der Waals surface area contributed by atoms with Crippen molar-refractivity contribution in [2.45, 2.75) is 44.8 Å². The van der Waals surface area contributed by atoms with Gasteiger partial charge in [-0.25, -0.2) is 0 Å². The molecule has 0 aromatic heterocycles. The number of likely N-dealkylation sites (N-methyl/N-ethyl adjacent to an activating group) is 1. The molecule has 1 aliphatic rings. The minimum atomic E-state index is -4.98. The molecule has 0 saturated heterocycles. The van der Waals surface area contributed by atoms with Crippen LogP contribution in [0.2, 0.25) is 0 Å². The first-order valence-corrected chi connectivity index (χ1v) is 9.64. The average molecular weight is 458 g/mol. The van der Waals surface area contributed by atoms with Crippen molar-refractivity contribution in [3.63, 3.8) is 0 Å². The molecule has 2 aromatic rings. The monoisotopic (exact) mass is 458 g/mol. The molecular formula is C22H20F6N2O2. The molecule has 0 fully saturated rings. The first kappa shape index (κ1) is 23.6. The summed E-state index contributed by atoms with van der Waals surface area (Å²) < 4.78 is 78.7. The van der Waals surface area contributed by atoms with Gasteiger partial charge >= 0.3 is 12.4 Å². The molecule has 4 nitrogen and oxygen atoms in total. The Bertz CT molecular complexity index is 1000. The lowest BCUT2D eigenvalue weighted by Crippen LogP contribution is -2.52. The van der Waals surface area contributed by atoms with Crippen molar-refractivity contribution >= 4 is 11.8 Å². The van der Waals surface area contributed by atoms with Crippen LogP contribution in [0.4, 0.5) is 26.3 Å². The number of carbonyl (C=O) groups is 2. The predicted molar refractivity (Wildman–Crippen MR) is 103 cm³/mol. The van der Waals surface area contributed by atoms with Gasteiger partial charge in [0.25, 0.3) is 0 Å². The number of benzene rings is 2. The lowest BCUT2D eigenvalue weighted by atomic mass is 9.93. The number of rotatable bonds is 3. The van der Waals surface area contributed by atoms with E-state index in [1.165, 1.54) is 18.9 Å². The molecule has 0 unspecified atom stereocenters. The summed E-state index contributed by atoms with van der Waals surface area (Å²) in [4.78, 5) is 27.6. The van der Waals surface area contributed by atoms with Crippen molar-refractivity contribution < 1.29 is 35.9 Å². The molecule has 172 valence electrons. The van der Waals surface area contributed by atoms with E-state index in [4.69, 9.17) is 0 Å². The molecule has 1 aliphatic heterocycles. The van der Waals surface area contributed by atoms with Crippen LogP contribution in [0, 0.1) is 0 Å². The topological polar surface area (TPSA) is 40.6 Å². The molecular weight excluding hydrogens is 438 g/mol. The van der Waals surface area contributed by atoms with Crippen LogP contribution in [-0.4, -0.2) is 34.7 Å². The molecule has 3 rings (SSSR count). The van der Waals surface area contributed by atoms with Crippen molar-refractivity contribution in [3.05, 3.63) is 70.3 Å². The number of hydrogen-bond donors (Lipinski definition) is 0. The van der Waals surface area contributed by atoms with Crippen molar-refractivity contribution in [2.75, 3.05) is 7.05 Å². The number of carbonyl (C=O) groups excluding carboxylic acids is 2. The molecule has 2 amide bonds. The third-order valence-corrected chi connectivity index (χ3v) is 5.38. The summed E-state index contributed by atoms with van der Waals surface area (Å²) in [5.41, 5.74) is -1.47. The molecule has 1 heterocycles. The van der Waals surface area contributed by atoms with Gasteiger partial charge in [0.05, 0.1) is 11.1 Å². The molecule has 0 aliphatic carbocycles. The maximum atomic E-state index is 13.1. The number of hydrogen-bond acceptors (Lipinski definition) is 2. The van der Waals surface area contributed by atoms with Gasteiger partial charge in [-0.2, -0.15) is 26.3 Å². The van der Waals surface area contributed by atoms with Gasteiger partial charge in [-0.3, -0.25) is 9.59 Å². The van der Waals surface area contributed by atoms with E-state index < -0.39 is 42.0 Å². The predicted octanol–water partition coefficient (Wildman–Crippen LogP) is 4.66. The SMILES string of the molecule is CC(=O)N1Cc2ccccc2C[C@H]1C(=O)N(C)Cc1cc(C(F)(F)F)cc(C(F)(F)F)c1. The summed E-state index contributed by atoms with van der Waals surface area (Å²) in [6.45, 7) is 1.02. The van der Waals surface area contributed by atoms with E-state index in [2.05, 4.69) is 0 Å². The molecule has 0 saturated carbocycles. The van der Waals surface area contributed by atoms with Gasteiger partial charge in [0.15, 0.2) is 0 Å². The first-order valence-electron chi connectivity index (χ1n) is 9.64. The van der Waals surface area contributed by atoms with E-state index in [1.807, 2.05) is 12.1 Å². The van der Waals surface area contributed by atoms with Crippen molar-refractivity contribution in [3.8, 4) is 0 Å². The maximum absolute atomic E-state index is 13.1. The Morgan fingerprint density at radius 1 is 0.969 bits per heavy atom. The normalized spacial score (nSPS) is 16.5. The molecule has 10 heteroatoms. The smallest absolute Gasteiger partial charge is 0.340 e. The highest BCUT2D eigenvalue weighted by Crippen LogP contribution is 2.36. The van der Waals surface area contributed by atoms with E-state index in [0.29, 0.717) is 12.1 Å². The van der Waals surface area contributed by atoms with Crippen molar-refractivity contribution in [1.82, 2.24) is 9.80 Å². The number of halogens is 6. The summed E-state index contributed by atoms with van der Waals surface area (Å²) in [5.74, 6) is -0.926. The fraction of sp³-hybridized carbons (Fsp3) is 0.364. The summed E-state index contributed by atoms with van der Waals surface area (Å²) in [6.07, 6.45) is -9.75. The van der Waals surface area contributed by atoms with E-state index in [1.54, 1.807) is 12.1 Å². The van der Waals surface area contributed by atoms with Crippen molar-refractivity contribution in [1.29, 1.82) is 0 Å². The van der Waals surface area contributed by atoms with Crippen LogP contribution in [0.5, 0.6) is 0 Å². The number of nitrogens with zero attached hydrogens (tertiary/aromatic N) is 2. The first-order chi connectivity index (χ1) is 14.8. The van der Waals surface area contributed by atoms with Crippen LogP contribution in [0.15, 0.2) is 42.5 Å². The number of alkyl halides is 6. The number of fused-ring (bicyclic) bond motifs is 1. The van der Waals surface area contributed by atoms with E-state index in [0.717, 1.165) is 16.0 Å². The Morgan fingerprint density at radius 3 is 2.00 bits per heavy atom. The van der Waals surface area contributed by atoms with Gasteiger partial charge in [0, 0.05) is 33.5 Å². The minimum absolute atomic E-state index is 0.0425. The fourth-order valence-corrected chi connectivity index (χ4v) is 3.79. The zero-order valence-electron chi connectivity index (χ0n) is 17.2. The standard InChI is InChI=1S/C22H20F6N2O2/c1-13(31)30-12-16-6-4-3-5-15(16)9-19(30)20(32)29(2)11-14-7-17(21(23,24)25)10-18(8-14)22(26,27)28/h3-8,10,19H,9,11-12H2,1-2H3/t19-/m0/s1. The maximum Gasteiger partial charge on any atom is 0.416 e. The van der Waals surface area contributed by atoms with E-state index in [-0.39, 0.29) is 30.5 Å². The van der Waals surface area contributed by atoms with E-state index in [9.17, 15) is 35.9 Å². The molecule has 0 radical (unpaired) electrons. The lowest BCUT2D eigenvalue weighted by Gasteiger charge is -2.37. The van der Waals surface area contributed by atoms with Gasteiger partial charge in [0.2, 0.25) is 11.8 Å². The van der Waals surface area contributed by atoms with Crippen LogP contribution < -0.4 is 0 Å². The zero-order valence-corrected chi connectivity index (χ0v) is 17.2. The van der Waals surface area contributed by atoms with Crippen LogP contribution in [0.3, 0.4) is 0 Å². The van der Waals surface area contributed by atoms with Crippen LogP contribution in [-0.2, 0) is 41.5 Å². The second kappa shape index (κ2) is 8.48. The average Bonchev–Trinajstić information content (AvgIpc) is 2.70. The van der Waals surface area contributed by atoms with Crippen molar-refractivity contribution in [2.24, 2.45) is 0 Å². The second-order valence-corrected chi connectivity index (χ2v) is 7.74. The Hall–Kier alpha value is -3.04. The molecule has 0 N–H and O–H groups in total. The lowest BCUT2D eigenvalue weighted by molar-refractivity contribution is -0.145. The third-order valence-electron chi connectivity index (χ3n) is 5.38. The van der Waals surface area contributed by atoms with Gasteiger partial charge in [0.1, 0.15) is 6.04 Å². The number of amides is 2. The van der Waals surface area contributed by atoms with Gasteiger partial charge in [-0.05, 0) is 34.9 Å². The minimum Gasteiger partial charge on any atom is -0.340 e. The highest BCUT2D eigenvalue weighted by atomic mass is 19.4. The summed E-state index contributed by atoms with van der Waals surface area (Å²) in [7, 11) is 1.29. The van der Waals surface area contributed by atoms with Gasteiger partial charge in [-0.1, -0.05) is 24.3 Å². The second-order valence-electron chi connectivity index (χ2n) is 7.74. The zero-order chi connectivity index (χ0) is 23.8. The summed E-state index contributed by atoms with van der Waals surface area (Å²) in [5, 5.41) is 0. The van der Waals surface area contributed by atoms with Crippen LogP contribution >= 0.6 is 0 Å². The van der Waals surface area contributed by atoms with Crippen LogP contribution in [0.25, 0.3) is 0 Å².